The van der Waals surface area contributed by atoms with Crippen LogP contribution in [0.1, 0.15) is 141 Å². The van der Waals surface area contributed by atoms with E-state index < -0.39 is 189 Å². The van der Waals surface area contributed by atoms with Gasteiger partial charge in [-0.3, -0.25) is 76.7 Å². The summed E-state index contributed by atoms with van der Waals surface area (Å²) in [5, 5.41) is 19.2. The minimum Gasteiger partial charge on any atom is -0.463 e. The summed E-state index contributed by atoms with van der Waals surface area (Å²) < 4.78 is 153. The van der Waals surface area contributed by atoms with Gasteiger partial charge in [0.1, 0.15) is 61.8 Å². The lowest BCUT2D eigenvalue weighted by Crippen LogP contribution is -2.66. The second-order valence-corrected chi connectivity index (χ2v) is 30.9. The van der Waals surface area contributed by atoms with Gasteiger partial charge in [0, 0.05) is 128 Å². The van der Waals surface area contributed by atoms with Crippen molar-refractivity contribution in [1.82, 2.24) is 37.2 Å². The number of esters is 9. The van der Waals surface area contributed by atoms with E-state index >= 15 is 0 Å². The zero-order valence-electron chi connectivity index (χ0n) is 80.2. The molecule has 0 spiro atoms. The van der Waals surface area contributed by atoms with Gasteiger partial charge in [-0.2, -0.15) is 0 Å². The number of rotatable bonds is 75. The van der Waals surface area contributed by atoms with Gasteiger partial charge in [0.25, 0.3) is 0 Å². The predicted octanol–water partition coefficient (Wildman–Crippen LogP) is -2.45. The molecule has 0 bridgehead atoms. The van der Waals surface area contributed by atoms with Crippen LogP contribution < -0.4 is 37.2 Å². The first-order valence-corrected chi connectivity index (χ1v) is 45.1. The van der Waals surface area contributed by atoms with Crippen LogP contribution >= 0.6 is 0 Å². The standard InChI is InChI=1S/C86H143N7O43/c1-14-15-16-17-18-73(109)93-86(52-119-25-19-70(106)87-22-28-110-31-34-113-37-40-116-43-46-122-83-74(90-55(2)94)80(131-64(11)103)77(128-61(8)100)67(134-83)49-125-58(5)97,53-120-26-20-71(107)88-23-29-111-32-35-114-38-41-117-44-47-123-84-75(91-56(3)95)81(132-65(12)104)78(129-62(9)101)68(135-84)50-126-59(6)98)54-121-27-21-72(108)89-24-30-112-33-36-115-39-42-118-45-48-124-85-76(92-57(4)96)82(133-66(13)105)79(130-63(10)102)69(136-85)51-127-60(7)99/h67-69,74-85H,14-54H2,1-13H3,(H,87,106)(H,88,107)(H,89,108)(H,90,94)(H,91,95)(H,92,96)(H,93,109). The third-order valence-corrected chi connectivity index (χ3v) is 18.9. The summed E-state index contributed by atoms with van der Waals surface area (Å²) in [5.41, 5.74) is -1.39. The molecule has 3 rings (SSSR count). The second kappa shape index (κ2) is 72.1. The molecule has 0 aromatic rings. The molecule has 7 amide bonds. The van der Waals surface area contributed by atoms with Crippen molar-refractivity contribution in [2.24, 2.45) is 0 Å². The quantitative estimate of drug-likeness (QED) is 0.0189. The van der Waals surface area contributed by atoms with Crippen LogP contribution in [0.4, 0.5) is 0 Å². The Morgan fingerprint density at radius 3 is 0.735 bits per heavy atom. The first kappa shape index (κ1) is 121. The SMILES string of the molecule is CCCCCCC(=O)NC(COCCC(=O)NCCOCCOCCOCCOC1OC(COC(C)=O)C(OC(C)=O)C(OC(C)=O)C1NC(C)=O)(COCCC(=O)NCCOCCOCCOCCOC1OC(COC(C)=O)C(OC(C)=O)C(OC(C)=O)C1NC(C)=O)COCCC(=O)NCCOCCOCCOCCOC1OC(COC(C)=O)C(OC(C)=O)C(OC(C)=O)C1NC(C)=O. The highest BCUT2D eigenvalue weighted by atomic mass is 16.7. The number of carbonyl (C=O) groups excluding carboxylic acids is 16. The Hall–Kier alpha value is -9.20. The fourth-order valence-corrected chi connectivity index (χ4v) is 13.2. The van der Waals surface area contributed by atoms with Crippen LogP contribution in [-0.2, 0) is 205 Å². The van der Waals surface area contributed by atoms with Gasteiger partial charge >= 0.3 is 53.7 Å². The van der Waals surface area contributed by atoms with Crippen molar-refractivity contribution in [2.45, 2.75) is 239 Å². The van der Waals surface area contributed by atoms with E-state index in [-0.39, 0.29) is 247 Å². The number of hydrogen-bond donors (Lipinski definition) is 7. The maximum Gasteiger partial charge on any atom is 0.303 e. The molecule has 0 aliphatic carbocycles. The van der Waals surface area contributed by atoms with Gasteiger partial charge in [-0.1, -0.05) is 26.2 Å². The van der Waals surface area contributed by atoms with Gasteiger partial charge < -0.3 is 165 Å². The molecule has 50 heteroatoms. The van der Waals surface area contributed by atoms with Crippen molar-refractivity contribution in [2.75, 3.05) is 218 Å². The van der Waals surface area contributed by atoms with E-state index in [1.54, 1.807) is 0 Å². The molecule has 3 aliphatic rings. The minimum atomic E-state index is -1.39. The van der Waals surface area contributed by atoms with E-state index in [0.717, 1.165) is 60.8 Å². The Kier molecular flexibility index (Phi) is 64.2. The lowest BCUT2D eigenvalue weighted by atomic mass is 9.96. The molecule has 780 valence electrons. The van der Waals surface area contributed by atoms with E-state index in [9.17, 15) is 76.7 Å². The molecule has 0 aromatic carbocycles. The molecule has 0 saturated carbocycles. The molecule has 15 unspecified atom stereocenters. The summed E-state index contributed by atoms with van der Waals surface area (Å²) in [6.07, 6.45) is -11.9. The first-order valence-electron chi connectivity index (χ1n) is 45.1. The molecule has 3 fully saturated rings. The van der Waals surface area contributed by atoms with Gasteiger partial charge in [-0.15, -0.1) is 0 Å². The number of nitrogens with one attached hydrogen (secondary N) is 7. The lowest BCUT2D eigenvalue weighted by molar-refractivity contribution is -0.279. The number of ether oxygens (including phenoxy) is 27. The Labute approximate surface area is 790 Å². The normalized spacial score (nSPS) is 21.7. The summed E-state index contributed by atoms with van der Waals surface area (Å²) >= 11 is 0. The number of amides is 7. The zero-order chi connectivity index (χ0) is 100. The third kappa shape index (κ3) is 56.0. The molecular weight excluding hydrogens is 1820 g/mol. The lowest BCUT2D eigenvalue weighted by Gasteiger charge is -2.44. The molecule has 50 nitrogen and oxygen atoms in total. The second-order valence-electron chi connectivity index (χ2n) is 30.9. The van der Waals surface area contributed by atoms with Crippen molar-refractivity contribution in [3.8, 4) is 0 Å². The summed E-state index contributed by atoms with van der Waals surface area (Å²) in [5.74, 6) is -9.55. The van der Waals surface area contributed by atoms with E-state index in [0.29, 0.717) is 6.42 Å². The first-order chi connectivity index (χ1) is 65.0. The monoisotopic (exact) mass is 1960 g/mol. The summed E-state index contributed by atoms with van der Waals surface area (Å²) in [6, 6.07) is -3.44. The molecule has 136 heavy (non-hydrogen) atoms. The minimum absolute atomic E-state index is 0.0251. The van der Waals surface area contributed by atoms with Crippen molar-refractivity contribution < 1.29 is 205 Å². The maximum atomic E-state index is 13.8. The highest BCUT2D eigenvalue weighted by molar-refractivity contribution is 5.79. The fourth-order valence-electron chi connectivity index (χ4n) is 13.2. The topological polar surface area (TPSA) is 607 Å². The zero-order valence-corrected chi connectivity index (χ0v) is 80.2. The van der Waals surface area contributed by atoms with Crippen molar-refractivity contribution in [3.05, 3.63) is 0 Å². The van der Waals surface area contributed by atoms with E-state index in [4.69, 9.17) is 128 Å². The third-order valence-electron chi connectivity index (χ3n) is 18.9. The molecule has 7 N–H and O–H groups in total. The van der Waals surface area contributed by atoms with Crippen molar-refractivity contribution >= 4 is 95.1 Å². The maximum absolute atomic E-state index is 13.8. The van der Waals surface area contributed by atoms with Crippen LogP contribution in [0.25, 0.3) is 0 Å². The van der Waals surface area contributed by atoms with E-state index in [1.165, 1.54) is 41.5 Å². The summed E-state index contributed by atoms with van der Waals surface area (Å²) in [6.45, 7) is 16.4. The van der Waals surface area contributed by atoms with Crippen molar-refractivity contribution in [3.63, 3.8) is 0 Å². The van der Waals surface area contributed by atoms with Gasteiger partial charge in [0.2, 0.25) is 41.4 Å². The molecule has 3 heterocycles. The molecular formula is C86H143N7O43. The smallest absolute Gasteiger partial charge is 0.303 e. The highest BCUT2D eigenvalue weighted by Crippen LogP contribution is 2.32. The Bertz CT molecular complexity index is 3220. The van der Waals surface area contributed by atoms with Gasteiger partial charge in [-0.05, 0) is 6.42 Å². The van der Waals surface area contributed by atoms with E-state index in [1.807, 2.05) is 6.92 Å². The van der Waals surface area contributed by atoms with Crippen LogP contribution in [-0.4, -0.2) is 410 Å². The summed E-state index contributed by atoms with van der Waals surface area (Å²) in [7, 11) is 0. The number of unbranched alkanes of at least 4 members (excludes halogenated alkanes) is 3. The molecule has 3 saturated heterocycles. The van der Waals surface area contributed by atoms with Crippen molar-refractivity contribution in [1.29, 1.82) is 0 Å². The van der Waals surface area contributed by atoms with Crippen LogP contribution in [0, 0.1) is 0 Å². The number of hydrogen-bond acceptors (Lipinski definition) is 43. The average Bonchev–Trinajstić information content (AvgIpc) is 0.795. The van der Waals surface area contributed by atoms with E-state index in [2.05, 4.69) is 37.2 Å². The Balaban J connectivity index is 1.51. The largest absolute Gasteiger partial charge is 0.463 e. The fraction of sp³-hybridized carbons (Fsp3) is 0.814. The Morgan fingerprint density at radius 2 is 0.500 bits per heavy atom. The molecule has 3 aliphatic heterocycles. The predicted molar refractivity (Wildman–Crippen MR) is 462 cm³/mol. The average molecular weight is 1960 g/mol. The molecule has 15 atom stereocenters. The van der Waals surface area contributed by atoms with Gasteiger partial charge in [0.15, 0.2) is 55.5 Å². The molecule has 0 radical (unpaired) electrons. The van der Waals surface area contributed by atoms with Gasteiger partial charge in [-0.25, -0.2) is 0 Å². The highest BCUT2D eigenvalue weighted by Gasteiger charge is 2.55. The molecule has 0 aromatic heterocycles. The van der Waals surface area contributed by atoms with Gasteiger partial charge in [0.05, 0.1) is 178 Å². The van der Waals surface area contributed by atoms with Crippen LogP contribution in [0.3, 0.4) is 0 Å². The van der Waals surface area contributed by atoms with Crippen LogP contribution in [0.2, 0.25) is 0 Å². The summed E-state index contributed by atoms with van der Waals surface area (Å²) in [4.78, 5) is 198. The van der Waals surface area contributed by atoms with Crippen LogP contribution in [0.15, 0.2) is 0 Å². The van der Waals surface area contributed by atoms with Crippen LogP contribution in [0.5, 0.6) is 0 Å². The Morgan fingerprint density at radius 1 is 0.257 bits per heavy atom. The number of carbonyl (C=O) groups is 16.